The topological polar surface area (TPSA) is 96.0 Å². The average Bonchev–Trinajstić information content (AvgIpc) is 2.84. The van der Waals surface area contributed by atoms with Crippen molar-refractivity contribution in [3.8, 4) is 5.75 Å². The van der Waals surface area contributed by atoms with Crippen LogP contribution in [0.25, 0.3) is 0 Å². The molecule has 0 spiro atoms. The molecule has 1 atom stereocenters. The third-order valence-corrected chi connectivity index (χ3v) is 7.44. The van der Waals surface area contributed by atoms with Crippen LogP contribution < -0.4 is 14.4 Å². The van der Waals surface area contributed by atoms with Gasteiger partial charge in [-0.2, -0.15) is 0 Å². The van der Waals surface area contributed by atoms with Crippen LogP contribution in [0.4, 0.5) is 5.69 Å². The lowest BCUT2D eigenvalue weighted by atomic mass is 10.1. The van der Waals surface area contributed by atoms with Gasteiger partial charge in [0.1, 0.15) is 11.8 Å². The van der Waals surface area contributed by atoms with E-state index in [1.165, 1.54) is 4.31 Å². The molecule has 0 aliphatic carbocycles. The van der Waals surface area contributed by atoms with Crippen molar-refractivity contribution in [2.24, 2.45) is 0 Å². The number of amides is 2. The molecule has 2 aromatic carbocycles. The maximum atomic E-state index is 13.3. The Morgan fingerprint density at radius 1 is 1.11 bits per heavy atom. The number of hydrogen-bond acceptors (Lipinski definition) is 5. The van der Waals surface area contributed by atoms with Gasteiger partial charge in [-0.1, -0.05) is 41.4 Å². The summed E-state index contributed by atoms with van der Waals surface area (Å²) in [5.41, 5.74) is 1.39. The standard InChI is InChI=1S/C26H36BrN3O5S/c1-5-6-16-28-26(32)20(2)29(19-21-9-7-10-22(27)18-21)25(31)11-8-17-30(36(4,33)34)23-12-14-24(35-3)15-13-23/h7,9-10,12-15,18,20H,5-6,8,11,16-17,19H2,1-4H3,(H,28,32)/t20-/m0/s1. The molecule has 2 aromatic rings. The van der Waals surface area contributed by atoms with Gasteiger partial charge in [-0.25, -0.2) is 8.42 Å². The zero-order chi connectivity index (χ0) is 26.7. The summed E-state index contributed by atoms with van der Waals surface area (Å²) < 4.78 is 32.2. The van der Waals surface area contributed by atoms with E-state index in [4.69, 9.17) is 4.74 Å². The van der Waals surface area contributed by atoms with E-state index in [2.05, 4.69) is 21.2 Å². The van der Waals surface area contributed by atoms with Crippen molar-refractivity contribution in [3.05, 3.63) is 58.6 Å². The fourth-order valence-corrected chi connectivity index (χ4v) is 5.12. The Labute approximate surface area is 223 Å². The molecule has 0 bridgehead atoms. The van der Waals surface area contributed by atoms with Crippen LogP contribution in [0.5, 0.6) is 5.75 Å². The number of nitrogens with zero attached hydrogens (tertiary/aromatic N) is 2. The zero-order valence-electron chi connectivity index (χ0n) is 21.4. The molecule has 0 unspecified atom stereocenters. The highest BCUT2D eigenvalue weighted by atomic mass is 79.9. The Hall–Kier alpha value is -2.59. The molecule has 2 rings (SSSR count). The molecule has 10 heteroatoms. The van der Waals surface area contributed by atoms with Crippen molar-refractivity contribution >= 4 is 43.5 Å². The quantitative estimate of drug-likeness (QED) is 0.335. The highest BCUT2D eigenvalue weighted by molar-refractivity contribution is 9.10. The summed E-state index contributed by atoms with van der Waals surface area (Å²) in [6, 6.07) is 13.7. The molecule has 0 saturated heterocycles. The molecule has 36 heavy (non-hydrogen) atoms. The van der Waals surface area contributed by atoms with E-state index in [-0.39, 0.29) is 31.3 Å². The lowest BCUT2D eigenvalue weighted by Gasteiger charge is -2.29. The van der Waals surface area contributed by atoms with Crippen LogP contribution in [-0.2, 0) is 26.2 Å². The highest BCUT2D eigenvalue weighted by Crippen LogP contribution is 2.22. The van der Waals surface area contributed by atoms with Crippen LogP contribution in [0.3, 0.4) is 0 Å². The van der Waals surface area contributed by atoms with Crippen molar-refractivity contribution < 1.29 is 22.7 Å². The molecule has 0 aromatic heterocycles. The normalized spacial score (nSPS) is 12.0. The Morgan fingerprint density at radius 3 is 2.39 bits per heavy atom. The van der Waals surface area contributed by atoms with Gasteiger partial charge >= 0.3 is 0 Å². The molecule has 0 saturated carbocycles. The number of hydrogen-bond donors (Lipinski definition) is 1. The van der Waals surface area contributed by atoms with Crippen molar-refractivity contribution in [2.45, 2.75) is 52.1 Å². The minimum atomic E-state index is -3.55. The van der Waals surface area contributed by atoms with Crippen molar-refractivity contribution in [1.82, 2.24) is 10.2 Å². The number of nitrogens with one attached hydrogen (secondary N) is 1. The van der Waals surface area contributed by atoms with Crippen molar-refractivity contribution in [2.75, 3.05) is 30.8 Å². The SMILES string of the molecule is CCCCNC(=O)[C@H](C)N(Cc1cccc(Br)c1)C(=O)CCCN(c1ccc(OC)cc1)S(C)(=O)=O. The van der Waals surface area contributed by atoms with Crippen molar-refractivity contribution in [1.29, 1.82) is 0 Å². The number of rotatable bonds is 14. The second-order valence-corrected chi connectivity index (χ2v) is 11.4. The van der Waals surface area contributed by atoms with Crippen LogP contribution in [0.1, 0.15) is 45.1 Å². The first-order valence-corrected chi connectivity index (χ1v) is 14.6. The van der Waals surface area contributed by atoms with Gasteiger partial charge in [0.15, 0.2) is 0 Å². The smallest absolute Gasteiger partial charge is 0.242 e. The molecule has 0 fully saturated rings. The first-order chi connectivity index (χ1) is 17.1. The fourth-order valence-electron chi connectivity index (χ4n) is 3.70. The number of unbranched alkanes of at least 4 members (excludes halogenated alkanes) is 1. The minimum Gasteiger partial charge on any atom is -0.497 e. The number of benzene rings is 2. The van der Waals surface area contributed by atoms with Gasteiger partial charge < -0.3 is 15.0 Å². The maximum Gasteiger partial charge on any atom is 0.242 e. The number of carbonyl (C=O) groups is 2. The van der Waals surface area contributed by atoms with Crippen LogP contribution in [0, 0.1) is 0 Å². The largest absolute Gasteiger partial charge is 0.497 e. The van der Waals surface area contributed by atoms with Gasteiger partial charge in [-0.15, -0.1) is 0 Å². The number of ether oxygens (including phenoxy) is 1. The highest BCUT2D eigenvalue weighted by Gasteiger charge is 2.26. The first-order valence-electron chi connectivity index (χ1n) is 12.0. The molecule has 0 heterocycles. The summed E-state index contributed by atoms with van der Waals surface area (Å²) in [6.07, 6.45) is 3.37. The molecular weight excluding hydrogens is 546 g/mol. The van der Waals surface area contributed by atoms with Gasteiger partial charge in [0.05, 0.1) is 19.1 Å². The van der Waals surface area contributed by atoms with E-state index in [9.17, 15) is 18.0 Å². The van der Waals surface area contributed by atoms with E-state index in [0.717, 1.165) is 29.1 Å². The predicted octanol–water partition coefficient (Wildman–Crippen LogP) is 4.34. The first kappa shape index (κ1) is 29.6. The summed E-state index contributed by atoms with van der Waals surface area (Å²) in [5.74, 6) is 0.205. The van der Waals surface area contributed by atoms with Crippen LogP contribution in [0.2, 0.25) is 0 Å². The number of anilines is 1. The fraction of sp³-hybridized carbons (Fsp3) is 0.462. The second kappa shape index (κ2) is 14.2. The third kappa shape index (κ3) is 9.13. The molecule has 8 nitrogen and oxygen atoms in total. The van der Waals surface area contributed by atoms with Gasteiger partial charge in [0.2, 0.25) is 21.8 Å². The molecule has 1 N–H and O–H groups in total. The average molecular weight is 583 g/mol. The number of halogens is 1. The molecule has 198 valence electrons. The van der Waals surface area contributed by atoms with Gasteiger partial charge in [-0.3, -0.25) is 13.9 Å². The summed E-state index contributed by atoms with van der Waals surface area (Å²) in [5, 5.41) is 2.90. The van der Waals surface area contributed by atoms with Gasteiger partial charge in [0.25, 0.3) is 0 Å². The number of carbonyl (C=O) groups excluding carboxylic acids is 2. The third-order valence-electron chi connectivity index (χ3n) is 5.75. The van der Waals surface area contributed by atoms with E-state index < -0.39 is 16.1 Å². The van der Waals surface area contributed by atoms with Crippen LogP contribution in [0.15, 0.2) is 53.0 Å². The molecule has 0 aliphatic heterocycles. The lowest BCUT2D eigenvalue weighted by molar-refractivity contribution is -0.140. The van der Waals surface area contributed by atoms with E-state index >= 15 is 0 Å². The summed E-state index contributed by atoms with van der Waals surface area (Å²) in [4.78, 5) is 27.6. The Bertz CT molecular complexity index is 1110. The maximum absolute atomic E-state index is 13.3. The van der Waals surface area contributed by atoms with E-state index in [0.29, 0.717) is 24.4 Å². The number of sulfonamides is 1. The Balaban J connectivity index is 2.14. The van der Waals surface area contributed by atoms with E-state index in [1.54, 1.807) is 43.2 Å². The zero-order valence-corrected chi connectivity index (χ0v) is 23.8. The van der Waals surface area contributed by atoms with E-state index in [1.807, 2.05) is 31.2 Å². The molecule has 2 amide bonds. The summed E-state index contributed by atoms with van der Waals surface area (Å²) in [6.45, 7) is 4.74. The molecule has 0 radical (unpaired) electrons. The van der Waals surface area contributed by atoms with Crippen LogP contribution in [-0.4, -0.2) is 57.6 Å². The Kier molecular flexibility index (Phi) is 11.7. The predicted molar refractivity (Wildman–Crippen MR) is 146 cm³/mol. The minimum absolute atomic E-state index is 0.1000. The lowest BCUT2D eigenvalue weighted by Crippen LogP contribution is -2.48. The summed E-state index contributed by atoms with van der Waals surface area (Å²) >= 11 is 3.45. The monoisotopic (exact) mass is 581 g/mol. The van der Waals surface area contributed by atoms with Gasteiger partial charge in [-0.05, 0) is 61.7 Å². The Morgan fingerprint density at radius 2 is 1.81 bits per heavy atom. The number of methoxy groups -OCH3 is 1. The summed E-state index contributed by atoms with van der Waals surface area (Å²) in [7, 11) is -2.01. The molecule has 0 aliphatic rings. The second-order valence-electron chi connectivity index (χ2n) is 8.61. The van der Waals surface area contributed by atoms with Crippen LogP contribution >= 0.6 is 15.9 Å². The van der Waals surface area contributed by atoms with Crippen molar-refractivity contribution in [3.63, 3.8) is 0 Å². The van der Waals surface area contributed by atoms with Gasteiger partial charge in [0, 0.05) is 30.5 Å². The molecular formula is C26H36BrN3O5S.